The van der Waals surface area contributed by atoms with Crippen molar-refractivity contribution >= 4 is 5.91 Å². The van der Waals surface area contributed by atoms with Crippen LogP contribution in [-0.4, -0.2) is 31.1 Å². The molecule has 1 heterocycles. The van der Waals surface area contributed by atoms with Gasteiger partial charge in [-0.05, 0) is 44.4 Å². The summed E-state index contributed by atoms with van der Waals surface area (Å²) in [5, 5.41) is 6.19. The van der Waals surface area contributed by atoms with E-state index in [0.29, 0.717) is 6.54 Å². The van der Waals surface area contributed by atoms with Gasteiger partial charge in [-0.2, -0.15) is 0 Å². The fourth-order valence-corrected chi connectivity index (χ4v) is 2.38. The van der Waals surface area contributed by atoms with Crippen LogP contribution in [0.25, 0.3) is 0 Å². The van der Waals surface area contributed by atoms with Crippen LogP contribution in [0.3, 0.4) is 0 Å². The molecule has 0 bridgehead atoms. The summed E-state index contributed by atoms with van der Waals surface area (Å²) in [6.45, 7) is 5.60. The lowest BCUT2D eigenvalue weighted by Crippen LogP contribution is -2.44. The van der Waals surface area contributed by atoms with Crippen molar-refractivity contribution in [2.45, 2.75) is 45.3 Å². The highest BCUT2D eigenvalue weighted by atomic mass is 16.5. The van der Waals surface area contributed by atoms with Gasteiger partial charge in [-0.1, -0.05) is 25.1 Å². The van der Waals surface area contributed by atoms with E-state index in [4.69, 9.17) is 4.74 Å². The molecule has 2 N–H and O–H groups in total. The van der Waals surface area contributed by atoms with Gasteiger partial charge in [0.25, 0.3) is 0 Å². The Balaban J connectivity index is 1.83. The van der Waals surface area contributed by atoms with Crippen LogP contribution in [0.4, 0.5) is 0 Å². The molecule has 4 heteroatoms. The van der Waals surface area contributed by atoms with Crippen LogP contribution in [0.2, 0.25) is 0 Å². The first-order valence-corrected chi connectivity index (χ1v) is 7.44. The first-order chi connectivity index (χ1) is 9.70. The van der Waals surface area contributed by atoms with E-state index in [0.717, 1.165) is 37.1 Å². The van der Waals surface area contributed by atoms with E-state index in [9.17, 15) is 4.79 Å². The fraction of sp³-hybridized carbons (Fsp3) is 0.562. The van der Waals surface area contributed by atoms with E-state index < -0.39 is 0 Å². The van der Waals surface area contributed by atoms with E-state index in [1.807, 2.05) is 31.2 Å². The van der Waals surface area contributed by atoms with Crippen LogP contribution in [0.1, 0.15) is 31.7 Å². The number of hydrogen-bond acceptors (Lipinski definition) is 3. The van der Waals surface area contributed by atoms with Gasteiger partial charge in [0.2, 0.25) is 5.91 Å². The molecule has 1 aliphatic heterocycles. The number of carbonyl (C=O) groups is 1. The molecule has 1 aliphatic rings. The van der Waals surface area contributed by atoms with Gasteiger partial charge in [-0.3, -0.25) is 4.79 Å². The van der Waals surface area contributed by atoms with Crippen molar-refractivity contribution in [1.82, 2.24) is 10.6 Å². The van der Waals surface area contributed by atoms with Crippen molar-refractivity contribution in [2.75, 3.05) is 13.1 Å². The Labute approximate surface area is 120 Å². The number of para-hydroxylation sites is 1. The average molecular weight is 276 g/mol. The summed E-state index contributed by atoms with van der Waals surface area (Å²) in [4.78, 5) is 12.0. The van der Waals surface area contributed by atoms with Gasteiger partial charge in [-0.15, -0.1) is 0 Å². The molecule has 2 atom stereocenters. The highest BCUT2D eigenvalue weighted by Crippen LogP contribution is 2.18. The van der Waals surface area contributed by atoms with Gasteiger partial charge < -0.3 is 15.4 Å². The molecule has 20 heavy (non-hydrogen) atoms. The molecule has 1 fully saturated rings. The predicted molar refractivity (Wildman–Crippen MR) is 79.9 cm³/mol. The summed E-state index contributed by atoms with van der Waals surface area (Å²) in [7, 11) is 0. The van der Waals surface area contributed by atoms with Crippen LogP contribution in [-0.2, 0) is 4.79 Å². The number of amides is 1. The second kappa shape index (κ2) is 7.29. The lowest BCUT2D eigenvalue weighted by molar-refractivity contribution is -0.123. The number of benzene rings is 1. The zero-order valence-corrected chi connectivity index (χ0v) is 12.3. The van der Waals surface area contributed by atoms with Gasteiger partial charge in [0.1, 0.15) is 11.9 Å². The van der Waals surface area contributed by atoms with Gasteiger partial charge in [0, 0.05) is 0 Å². The number of hydrogen-bond donors (Lipinski definition) is 2. The molecule has 1 aromatic rings. The Hall–Kier alpha value is -1.55. The Morgan fingerprint density at radius 2 is 2.30 bits per heavy atom. The predicted octanol–water partition coefficient (Wildman–Crippen LogP) is 2.02. The highest BCUT2D eigenvalue weighted by molar-refractivity contribution is 5.82. The molecule has 0 aliphatic carbocycles. The molecule has 2 unspecified atom stereocenters. The topological polar surface area (TPSA) is 50.4 Å². The molecule has 110 valence electrons. The SMILES string of the molecule is CCC(CNC(=O)C1CCCN1)Oc1ccccc1C. The lowest BCUT2D eigenvalue weighted by Gasteiger charge is -2.20. The van der Waals surface area contributed by atoms with Crippen LogP contribution >= 0.6 is 0 Å². The second-order valence-electron chi connectivity index (χ2n) is 5.31. The highest BCUT2D eigenvalue weighted by Gasteiger charge is 2.22. The van der Waals surface area contributed by atoms with Gasteiger partial charge in [0.05, 0.1) is 12.6 Å². The van der Waals surface area contributed by atoms with Crippen LogP contribution < -0.4 is 15.4 Å². The fourth-order valence-electron chi connectivity index (χ4n) is 2.38. The first kappa shape index (κ1) is 14.9. The number of nitrogens with one attached hydrogen (secondary N) is 2. The number of ether oxygens (including phenoxy) is 1. The maximum absolute atomic E-state index is 12.0. The maximum atomic E-state index is 12.0. The largest absolute Gasteiger partial charge is 0.488 e. The third-order valence-electron chi connectivity index (χ3n) is 3.72. The Bertz CT molecular complexity index is 442. The summed E-state index contributed by atoms with van der Waals surface area (Å²) in [6.07, 6.45) is 2.89. The Morgan fingerprint density at radius 3 is 2.95 bits per heavy atom. The van der Waals surface area contributed by atoms with Crippen molar-refractivity contribution in [3.63, 3.8) is 0 Å². The van der Waals surface area contributed by atoms with E-state index in [2.05, 4.69) is 17.6 Å². The van der Waals surface area contributed by atoms with Gasteiger partial charge >= 0.3 is 0 Å². The minimum absolute atomic E-state index is 0.0152. The summed E-state index contributed by atoms with van der Waals surface area (Å²) in [5.41, 5.74) is 1.12. The molecule has 0 aromatic heterocycles. The summed E-state index contributed by atoms with van der Waals surface area (Å²) < 4.78 is 5.97. The number of rotatable bonds is 6. The Morgan fingerprint density at radius 1 is 1.50 bits per heavy atom. The van der Waals surface area contributed by atoms with Crippen LogP contribution in [0.15, 0.2) is 24.3 Å². The quantitative estimate of drug-likeness (QED) is 0.836. The van der Waals surface area contributed by atoms with Crippen LogP contribution in [0, 0.1) is 6.92 Å². The second-order valence-corrected chi connectivity index (χ2v) is 5.31. The van der Waals surface area contributed by atoms with E-state index in [-0.39, 0.29) is 18.1 Å². The van der Waals surface area contributed by atoms with Crippen molar-refractivity contribution in [3.05, 3.63) is 29.8 Å². The molecular formula is C16H24N2O2. The molecule has 0 saturated carbocycles. The average Bonchev–Trinajstić information content (AvgIpc) is 2.99. The molecule has 1 saturated heterocycles. The van der Waals surface area contributed by atoms with Crippen molar-refractivity contribution in [2.24, 2.45) is 0 Å². The molecule has 0 radical (unpaired) electrons. The summed E-state index contributed by atoms with van der Waals surface area (Å²) in [5.74, 6) is 0.988. The van der Waals surface area contributed by atoms with Gasteiger partial charge in [-0.25, -0.2) is 0 Å². The first-order valence-electron chi connectivity index (χ1n) is 7.44. The Kier molecular flexibility index (Phi) is 5.41. The maximum Gasteiger partial charge on any atom is 0.237 e. The molecular weight excluding hydrogens is 252 g/mol. The monoisotopic (exact) mass is 276 g/mol. The van der Waals surface area contributed by atoms with Crippen molar-refractivity contribution < 1.29 is 9.53 Å². The molecule has 1 aromatic carbocycles. The third-order valence-corrected chi connectivity index (χ3v) is 3.72. The standard InChI is InChI=1S/C16H24N2O2/c1-3-13(20-15-9-5-4-7-12(15)2)11-18-16(19)14-8-6-10-17-14/h4-5,7,9,13-14,17H,3,6,8,10-11H2,1-2H3,(H,18,19). The smallest absolute Gasteiger partial charge is 0.237 e. The molecule has 1 amide bonds. The van der Waals surface area contributed by atoms with Gasteiger partial charge in [0.15, 0.2) is 0 Å². The van der Waals surface area contributed by atoms with Crippen molar-refractivity contribution in [1.29, 1.82) is 0 Å². The molecule has 0 spiro atoms. The van der Waals surface area contributed by atoms with E-state index in [1.54, 1.807) is 0 Å². The molecule has 4 nitrogen and oxygen atoms in total. The van der Waals surface area contributed by atoms with Crippen LogP contribution in [0.5, 0.6) is 5.75 Å². The minimum atomic E-state index is -0.0223. The zero-order chi connectivity index (χ0) is 14.4. The van der Waals surface area contributed by atoms with Crippen molar-refractivity contribution in [3.8, 4) is 5.75 Å². The minimum Gasteiger partial charge on any atom is -0.488 e. The zero-order valence-electron chi connectivity index (χ0n) is 12.3. The third kappa shape index (κ3) is 3.97. The summed E-state index contributed by atoms with van der Waals surface area (Å²) >= 11 is 0. The summed E-state index contributed by atoms with van der Waals surface area (Å²) in [6, 6.07) is 7.94. The normalized spacial score (nSPS) is 19.6. The van der Waals surface area contributed by atoms with E-state index >= 15 is 0 Å². The lowest BCUT2D eigenvalue weighted by atomic mass is 10.2. The number of aryl methyl sites for hydroxylation is 1. The number of carbonyl (C=O) groups excluding carboxylic acids is 1. The van der Waals surface area contributed by atoms with E-state index in [1.165, 1.54) is 0 Å². The molecule has 2 rings (SSSR count).